The van der Waals surface area contributed by atoms with Gasteiger partial charge in [0.1, 0.15) is 0 Å². The van der Waals surface area contributed by atoms with Crippen molar-refractivity contribution in [1.82, 2.24) is 24.3 Å². The molecule has 0 saturated carbocycles. The molecule has 7 heteroatoms. The maximum Gasteiger partial charge on any atom is 0.289 e. The highest BCUT2D eigenvalue weighted by Gasteiger charge is 2.37. The van der Waals surface area contributed by atoms with Crippen molar-refractivity contribution in [1.29, 1.82) is 0 Å². The van der Waals surface area contributed by atoms with Crippen LogP contribution in [0.15, 0.2) is 41.2 Å². The number of carbonyl (C=O) groups is 1. The fourth-order valence-corrected chi connectivity index (χ4v) is 4.82. The molecule has 2 aliphatic rings. The van der Waals surface area contributed by atoms with E-state index in [-0.39, 0.29) is 17.4 Å². The molecule has 150 valence electrons. The first-order chi connectivity index (χ1) is 14.0. The highest BCUT2D eigenvalue weighted by molar-refractivity contribution is 5.94. The minimum Gasteiger partial charge on any atom is -0.335 e. The molecule has 0 radical (unpaired) electrons. The van der Waals surface area contributed by atoms with E-state index in [4.69, 9.17) is 0 Å². The number of rotatable bonds is 3. The molecule has 29 heavy (non-hydrogen) atoms. The number of hydrogen-bond donors (Lipinski definition) is 1. The minimum absolute atomic E-state index is 0.0593. The monoisotopic (exact) mass is 391 g/mol. The second-order valence-corrected chi connectivity index (χ2v) is 8.55. The van der Waals surface area contributed by atoms with Crippen LogP contribution in [-0.2, 0) is 13.1 Å². The smallest absolute Gasteiger partial charge is 0.289 e. The molecule has 3 aromatic rings. The van der Waals surface area contributed by atoms with Crippen molar-refractivity contribution >= 4 is 16.9 Å². The van der Waals surface area contributed by atoms with Gasteiger partial charge in [-0.2, -0.15) is 0 Å². The number of fused-ring (bicyclic) bond motifs is 5. The summed E-state index contributed by atoms with van der Waals surface area (Å²) in [6.07, 6.45) is 1.02. The minimum atomic E-state index is -0.0593. The summed E-state index contributed by atoms with van der Waals surface area (Å²) in [6, 6.07) is 11.7. The zero-order chi connectivity index (χ0) is 20.1. The van der Waals surface area contributed by atoms with Gasteiger partial charge in [0.05, 0.1) is 11.0 Å². The number of benzene rings is 1. The number of nitrogens with zero attached hydrogens (tertiary/aromatic N) is 4. The normalized spacial score (nSPS) is 20.9. The van der Waals surface area contributed by atoms with E-state index >= 15 is 0 Å². The van der Waals surface area contributed by atoms with E-state index in [1.807, 2.05) is 58.8 Å². The predicted octanol–water partition coefficient (Wildman–Crippen LogP) is 2.05. The van der Waals surface area contributed by atoms with E-state index in [1.54, 1.807) is 0 Å². The lowest BCUT2D eigenvalue weighted by atomic mass is 9.83. The van der Waals surface area contributed by atoms with E-state index in [2.05, 4.69) is 16.0 Å². The number of piperidine rings is 1. The van der Waals surface area contributed by atoms with Crippen LogP contribution < -0.4 is 5.56 Å². The van der Waals surface area contributed by atoms with Gasteiger partial charge in [-0.1, -0.05) is 18.2 Å². The molecule has 0 aliphatic carbocycles. The third-order valence-corrected chi connectivity index (χ3v) is 6.05. The van der Waals surface area contributed by atoms with Crippen LogP contribution in [0.5, 0.6) is 0 Å². The van der Waals surface area contributed by atoms with Crippen LogP contribution in [0.4, 0.5) is 0 Å². The standard InChI is InChI=1S/C22H25N5O2/c1-25(2)12-15-7-8-19-16-9-14(11-27(19)21(15)28)10-26(13-16)22(29)20-23-17-5-3-4-6-18(17)24-20/h3-8,14,16H,9-13H2,1-2H3,(H,23,24)/t14-,16+/m0/s1. The Labute approximate surface area is 169 Å². The van der Waals surface area contributed by atoms with Crippen LogP contribution in [0.3, 0.4) is 0 Å². The quantitative estimate of drug-likeness (QED) is 0.742. The molecule has 4 heterocycles. The molecule has 0 unspecified atom stereocenters. The van der Waals surface area contributed by atoms with Gasteiger partial charge in [-0.15, -0.1) is 0 Å². The van der Waals surface area contributed by atoms with Gasteiger partial charge < -0.3 is 19.4 Å². The summed E-state index contributed by atoms with van der Waals surface area (Å²) in [7, 11) is 3.94. The zero-order valence-electron chi connectivity index (χ0n) is 16.8. The van der Waals surface area contributed by atoms with Gasteiger partial charge in [0.15, 0.2) is 5.82 Å². The maximum absolute atomic E-state index is 13.1. The lowest BCUT2D eigenvalue weighted by molar-refractivity contribution is 0.0583. The summed E-state index contributed by atoms with van der Waals surface area (Å²) < 4.78 is 1.95. The largest absolute Gasteiger partial charge is 0.335 e. The SMILES string of the molecule is CN(C)Cc1ccc2n(c1=O)C[C@H]1C[C@@H]2CN(C(=O)c2nc3ccccc3[nH]2)C1. The number of likely N-dealkylation sites (tertiary alicyclic amines) is 1. The molecule has 1 aromatic carbocycles. The van der Waals surface area contributed by atoms with Crippen molar-refractivity contribution in [2.24, 2.45) is 5.92 Å². The second kappa shape index (κ2) is 6.84. The van der Waals surface area contributed by atoms with Gasteiger partial charge >= 0.3 is 0 Å². The van der Waals surface area contributed by atoms with Gasteiger partial charge in [0.2, 0.25) is 0 Å². The Balaban J connectivity index is 1.42. The van der Waals surface area contributed by atoms with Crippen LogP contribution in [0.1, 0.15) is 34.2 Å². The summed E-state index contributed by atoms with van der Waals surface area (Å²) in [5, 5.41) is 0. The fourth-order valence-electron chi connectivity index (χ4n) is 4.82. The summed E-state index contributed by atoms with van der Waals surface area (Å²) in [6.45, 7) is 2.61. The van der Waals surface area contributed by atoms with Crippen LogP contribution in [0, 0.1) is 5.92 Å². The molecule has 2 aromatic heterocycles. The average Bonchev–Trinajstić information content (AvgIpc) is 3.13. The molecular weight excluding hydrogens is 366 g/mol. The van der Waals surface area contributed by atoms with Crippen molar-refractivity contribution in [2.45, 2.75) is 25.4 Å². The first-order valence-electron chi connectivity index (χ1n) is 10.1. The van der Waals surface area contributed by atoms with Gasteiger partial charge in [-0.05, 0) is 44.6 Å². The third-order valence-electron chi connectivity index (χ3n) is 6.05. The number of aromatic nitrogens is 3. The molecule has 1 fully saturated rings. The van der Waals surface area contributed by atoms with Crippen LogP contribution in [0.2, 0.25) is 0 Å². The second-order valence-electron chi connectivity index (χ2n) is 8.55. The van der Waals surface area contributed by atoms with E-state index in [9.17, 15) is 9.59 Å². The Bertz CT molecular complexity index is 1110. The predicted molar refractivity (Wildman–Crippen MR) is 111 cm³/mol. The Morgan fingerprint density at radius 2 is 2.00 bits per heavy atom. The van der Waals surface area contributed by atoms with Gasteiger partial charge in [0.25, 0.3) is 11.5 Å². The molecule has 1 amide bonds. The Kier molecular flexibility index (Phi) is 4.28. The first-order valence-corrected chi connectivity index (χ1v) is 10.1. The number of amides is 1. The lowest BCUT2D eigenvalue weighted by Crippen LogP contribution is -2.49. The molecule has 1 N–H and O–H groups in total. The number of hydrogen-bond acceptors (Lipinski definition) is 4. The van der Waals surface area contributed by atoms with Crippen LogP contribution in [-0.4, -0.2) is 57.4 Å². The van der Waals surface area contributed by atoms with Crippen molar-refractivity contribution in [3.8, 4) is 0 Å². The Hall–Kier alpha value is -2.93. The van der Waals surface area contributed by atoms with Gasteiger partial charge in [0, 0.05) is 43.4 Å². The van der Waals surface area contributed by atoms with Gasteiger partial charge in [-0.25, -0.2) is 4.98 Å². The number of aromatic amines is 1. The van der Waals surface area contributed by atoms with E-state index in [0.29, 0.717) is 37.9 Å². The Morgan fingerprint density at radius 3 is 2.79 bits per heavy atom. The van der Waals surface area contributed by atoms with E-state index < -0.39 is 0 Å². The highest BCUT2D eigenvalue weighted by Crippen LogP contribution is 2.35. The number of H-pyrrole nitrogens is 1. The summed E-state index contributed by atoms with van der Waals surface area (Å²) in [5.41, 5.74) is 3.67. The fraction of sp³-hybridized carbons (Fsp3) is 0.409. The number of nitrogens with one attached hydrogen (secondary N) is 1. The van der Waals surface area contributed by atoms with Crippen LogP contribution >= 0.6 is 0 Å². The molecule has 2 bridgehead atoms. The molecule has 5 rings (SSSR count). The Morgan fingerprint density at radius 1 is 1.17 bits per heavy atom. The van der Waals surface area contributed by atoms with Crippen LogP contribution in [0.25, 0.3) is 11.0 Å². The molecule has 1 saturated heterocycles. The van der Waals surface area contributed by atoms with Crippen molar-refractivity contribution in [3.05, 3.63) is 63.8 Å². The summed E-state index contributed by atoms with van der Waals surface area (Å²) in [5.74, 6) is 0.819. The number of carbonyl (C=O) groups excluding carboxylic acids is 1. The number of para-hydroxylation sites is 2. The molecule has 2 atom stereocenters. The highest BCUT2D eigenvalue weighted by atomic mass is 16.2. The zero-order valence-corrected chi connectivity index (χ0v) is 16.8. The van der Waals surface area contributed by atoms with E-state index in [1.165, 1.54) is 0 Å². The molecule has 2 aliphatic heterocycles. The maximum atomic E-state index is 13.1. The van der Waals surface area contributed by atoms with Gasteiger partial charge in [-0.3, -0.25) is 9.59 Å². The third kappa shape index (κ3) is 3.15. The summed E-state index contributed by atoms with van der Waals surface area (Å²) in [4.78, 5) is 37.6. The van der Waals surface area contributed by atoms with E-state index in [0.717, 1.165) is 28.7 Å². The molecule has 0 spiro atoms. The number of imidazole rings is 1. The summed E-state index contributed by atoms with van der Waals surface area (Å²) >= 11 is 0. The average molecular weight is 391 g/mol. The lowest BCUT2D eigenvalue weighted by Gasteiger charge is -2.42. The van der Waals surface area contributed by atoms with Crippen molar-refractivity contribution < 1.29 is 4.79 Å². The van der Waals surface area contributed by atoms with Crippen molar-refractivity contribution in [2.75, 3.05) is 27.2 Å². The van der Waals surface area contributed by atoms with Crippen molar-refractivity contribution in [3.63, 3.8) is 0 Å². The number of pyridine rings is 1. The molecular formula is C22H25N5O2. The first kappa shape index (κ1) is 18.1. The molecule has 7 nitrogen and oxygen atoms in total. The topological polar surface area (TPSA) is 74.2 Å².